The predicted molar refractivity (Wildman–Crippen MR) is 109 cm³/mol. The molecule has 0 saturated heterocycles. The van der Waals surface area contributed by atoms with Crippen LogP contribution in [0.2, 0.25) is 5.02 Å². The Bertz CT molecular complexity index is 997. The number of hydrogen-bond acceptors (Lipinski definition) is 3. The van der Waals surface area contributed by atoms with E-state index in [-0.39, 0.29) is 17.4 Å². The Hall–Kier alpha value is -2.66. The van der Waals surface area contributed by atoms with E-state index >= 15 is 0 Å². The summed E-state index contributed by atoms with van der Waals surface area (Å²) in [6, 6.07) is 13.1. The van der Waals surface area contributed by atoms with E-state index < -0.39 is 0 Å². The van der Waals surface area contributed by atoms with Crippen LogP contribution in [0.15, 0.2) is 54.9 Å². The molecule has 0 bridgehead atoms. The Kier molecular flexibility index (Phi) is 4.94. The number of nitrogens with one attached hydrogen (secondary N) is 1. The first-order chi connectivity index (χ1) is 13.4. The van der Waals surface area contributed by atoms with Gasteiger partial charge >= 0.3 is 0 Å². The lowest BCUT2D eigenvalue weighted by Gasteiger charge is -2.36. The normalized spacial score (nSPS) is 17.8. The van der Waals surface area contributed by atoms with Crippen molar-refractivity contribution in [3.63, 3.8) is 0 Å². The Morgan fingerprint density at radius 3 is 2.89 bits per heavy atom. The van der Waals surface area contributed by atoms with Gasteiger partial charge in [0, 0.05) is 22.5 Å². The number of nitrogens with zero attached hydrogens (tertiary/aromatic N) is 3. The van der Waals surface area contributed by atoms with Crippen LogP contribution in [-0.2, 0) is 13.0 Å². The topological polar surface area (TPSA) is 59.8 Å². The molecule has 1 amide bonds. The summed E-state index contributed by atoms with van der Waals surface area (Å²) in [7, 11) is 0. The summed E-state index contributed by atoms with van der Waals surface area (Å²) in [5, 5.41) is 8.50. The smallest absolute Gasteiger partial charge is 0.270 e. The number of aromatic nitrogens is 3. The highest BCUT2D eigenvalue weighted by molar-refractivity contribution is 6.30. The number of carbonyl (C=O) groups excluding carboxylic acids is 1. The van der Waals surface area contributed by atoms with Gasteiger partial charge in [-0.05, 0) is 48.1 Å². The van der Waals surface area contributed by atoms with Gasteiger partial charge in [0.1, 0.15) is 5.69 Å². The fraction of sp³-hybridized carbons (Fsp3) is 0.318. The molecular weight excluding hydrogens is 372 g/mol. The first kappa shape index (κ1) is 18.7. The monoisotopic (exact) mass is 394 g/mol. The fourth-order valence-corrected chi connectivity index (χ4v) is 4.11. The van der Waals surface area contributed by atoms with Crippen molar-refractivity contribution in [1.29, 1.82) is 0 Å². The maximum atomic E-state index is 12.7. The third-order valence-electron chi connectivity index (χ3n) is 5.18. The van der Waals surface area contributed by atoms with Crippen LogP contribution in [0.5, 0.6) is 0 Å². The van der Waals surface area contributed by atoms with Crippen molar-refractivity contribution < 1.29 is 4.79 Å². The first-order valence-electron chi connectivity index (χ1n) is 9.42. The minimum Gasteiger partial charge on any atom is -0.344 e. The molecule has 2 heterocycles. The SMILES string of the molecule is CC1(C)Cc2c(cnn2Cc2cccc(Cl)c2)C(NC(=O)c2ccccn2)C1. The molecule has 1 unspecified atom stereocenters. The van der Waals surface area contributed by atoms with Crippen LogP contribution in [0, 0.1) is 5.41 Å². The van der Waals surface area contributed by atoms with Gasteiger partial charge in [0.2, 0.25) is 0 Å². The molecule has 28 heavy (non-hydrogen) atoms. The van der Waals surface area contributed by atoms with E-state index in [1.54, 1.807) is 18.3 Å². The van der Waals surface area contributed by atoms with Gasteiger partial charge in [0.05, 0.1) is 18.8 Å². The number of benzene rings is 1. The lowest BCUT2D eigenvalue weighted by atomic mass is 9.74. The fourth-order valence-electron chi connectivity index (χ4n) is 3.90. The van der Waals surface area contributed by atoms with Crippen molar-refractivity contribution in [2.24, 2.45) is 5.41 Å². The third kappa shape index (κ3) is 3.94. The standard InChI is InChI=1S/C22H23ClN4O/c1-22(2)11-19(26-21(28)18-8-3-4-9-24-18)17-13-25-27(20(17)12-22)14-15-6-5-7-16(23)10-15/h3-10,13,19H,11-12,14H2,1-2H3,(H,26,28). The molecule has 3 aromatic rings. The molecule has 5 nitrogen and oxygen atoms in total. The molecule has 4 rings (SSSR count). The summed E-state index contributed by atoms with van der Waals surface area (Å²) in [4.78, 5) is 16.8. The molecule has 1 atom stereocenters. The molecule has 0 fully saturated rings. The second-order valence-electron chi connectivity index (χ2n) is 8.12. The Balaban J connectivity index is 1.61. The summed E-state index contributed by atoms with van der Waals surface area (Å²) in [6.45, 7) is 5.12. The highest BCUT2D eigenvalue weighted by Gasteiger charge is 2.36. The van der Waals surface area contributed by atoms with Gasteiger partial charge in [-0.1, -0.05) is 43.6 Å². The van der Waals surface area contributed by atoms with Crippen molar-refractivity contribution in [3.8, 4) is 0 Å². The number of rotatable bonds is 4. The number of pyridine rings is 1. The van der Waals surface area contributed by atoms with E-state index in [4.69, 9.17) is 11.6 Å². The minimum atomic E-state index is -0.156. The summed E-state index contributed by atoms with van der Waals surface area (Å²) >= 11 is 6.13. The van der Waals surface area contributed by atoms with Gasteiger partial charge in [0.15, 0.2) is 0 Å². The van der Waals surface area contributed by atoms with Crippen molar-refractivity contribution >= 4 is 17.5 Å². The molecule has 1 aliphatic rings. The van der Waals surface area contributed by atoms with Gasteiger partial charge in [-0.25, -0.2) is 0 Å². The summed E-state index contributed by atoms with van der Waals surface area (Å²) in [5.74, 6) is -0.156. The molecule has 2 aromatic heterocycles. The van der Waals surface area contributed by atoms with Gasteiger partial charge in [-0.3, -0.25) is 14.5 Å². The molecule has 6 heteroatoms. The maximum Gasteiger partial charge on any atom is 0.270 e. The third-order valence-corrected chi connectivity index (χ3v) is 5.42. The van der Waals surface area contributed by atoms with Gasteiger partial charge in [-0.15, -0.1) is 0 Å². The zero-order chi connectivity index (χ0) is 19.7. The molecule has 0 saturated carbocycles. The summed E-state index contributed by atoms with van der Waals surface area (Å²) in [6.07, 6.45) is 5.30. The van der Waals surface area contributed by atoms with E-state index in [0.29, 0.717) is 12.2 Å². The second kappa shape index (κ2) is 7.40. The van der Waals surface area contributed by atoms with Crippen LogP contribution in [0.1, 0.15) is 53.6 Å². The van der Waals surface area contributed by atoms with E-state index in [0.717, 1.165) is 29.0 Å². The van der Waals surface area contributed by atoms with E-state index in [1.807, 2.05) is 41.2 Å². The summed E-state index contributed by atoms with van der Waals surface area (Å²) < 4.78 is 2.03. The van der Waals surface area contributed by atoms with Crippen LogP contribution in [0.3, 0.4) is 0 Å². The Morgan fingerprint density at radius 2 is 2.14 bits per heavy atom. The number of halogens is 1. The number of fused-ring (bicyclic) bond motifs is 1. The Labute approximate surface area is 169 Å². The Morgan fingerprint density at radius 1 is 1.29 bits per heavy atom. The zero-order valence-corrected chi connectivity index (χ0v) is 16.8. The van der Waals surface area contributed by atoms with Gasteiger partial charge in [0.25, 0.3) is 5.91 Å². The van der Waals surface area contributed by atoms with Crippen LogP contribution in [0.25, 0.3) is 0 Å². The van der Waals surface area contributed by atoms with E-state index in [9.17, 15) is 4.79 Å². The van der Waals surface area contributed by atoms with Gasteiger partial charge in [-0.2, -0.15) is 5.10 Å². The largest absolute Gasteiger partial charge is 0.344 e. The molecule has 1 aliphatic carbocycles. The average Bonchev–Trinajstić information content (AvgIpc) is 3.04. The average molecular weight is 395 g/mol. The predicted octanol–water partition coefficient (Wildman–Crippen LogP) is 4.42. The quantitative estimate of drug-likeness (QED) is 0.712. The first-order valence-corrected chi connectivity index (χ1v) is 9.80. The molecular formula is C22H23ClN4O. The molecule has 144 valence electrons. The molecule has 1 N–H and O–H groups in total. The molecule has 0 spiro atoms. The van der Waals surface area contributed by atoms with Crippen molar-refractivity contribution in [3.05, 3.63) is 82.4 Å². The number of hydrogen-bond donors (Lipinski definition) is 1. The van der Waals surface area contributed by atoms with Crippen molar-refractivity contribution in [1.82, 2.24) is 20.1 Å². The molecule has 1 aromatic carbocycles. The van der Waals surface area contributed by atoms with Crippen LogP contribution in [-0.4, -0.2) is 20.7 Å². The highest BCUT2D eigenvalue weighted by atomic mass is 35.5. The lowest BCUT2D eigenvalue weighted by Crippen LogP contribution is -2.37. The van der Waals surface area contributed by atoms with Gasteiger partial charge < -0.3 is 5.32 Å². The zero-order valence-electron chi connectivity index (χ0n) is 16.0. The molecule has 0 radical (unpaired) electrons. The lowest BCUT2D eigenvalue weighted by molar-refractivity contribution is 0.0914. The molecule has 0 aliphatic heterocycles. The summed E-state index contributed by atoms with van der Waals surface area (Å²) in [5.41, 5.74) is 3.85. The van der Waals surface area contributed by atoms with Crippen molar-refractivity contribution in [2.75, 3.05) is 0 Å². The number of amides is 1. The van der Waals surface area contributed by atoms with Crippen molar-refractivity contribution in [2.45, 2.75) is 39.3 Å². The minimum absolute atomic E-state index is 0.0567. The van der Waals surface area contributed by atoms with Crippen LogP contribution >= 0.6 is 11.6 Å². The second-order valence-corrected chi connectivity index (χ2v) is 8.56. The maximum absolute atomic E-state index is 12.7. The van der Waals surface area contributed by atoms with E-state index in [2.05, 4.69) is 29.2 Å². The van der Waals surface area contributed by atoms with Crippen LogP contribution < -0.4 is 5.32 Å². The highest BCUT2D eigenvalue weighted by Crippen LogP contribution is 2.41. The van der Waals surface area contributed by atoms with Crippen LogP contribution in [0.4, 0.5) is 0 Å². The van der Waals surface area contributed by atoms with E-state index in [1.165, 1.54) is 5.69 Å². The number of carbonyl (C=O) groups is 1.